The molecule has 0 bridgehead atoms. The first-order valence-corrected chi connectivity index (χ1v) is 8.53. The molecular weight excluding hydrogens is 258 g/mol. The van der Waals surface area contributed by atoms with Crippen LogP contribution in [0.2, 0.25) is 0 Å². The lowest BCUT2D eigenvalue weighted by Crippen LogP contribution is -2.45. The molecule has 2 N–H and O–H groups in total. The highest BCUT2D eigenvalue weighted by Crippen LogP contribution is 2.41. The number of hydrogen-bond acceptors (Lipinski definition) is 4. The van der Waals surface area contributed by atoms with Crippen molar-refractivity contribution in [3.63, 3.8) is 0 Å². The molecule has 3 nitrogen and oxygen atoms in total. The summed E-state index contributed by atoms with van der Waals surface area (Å²) in [5.41, 5.74) is 5.87. The third-order valence-electron chi connectivity index (χ3n) is 4.78. The molecular formula is C15H23NO2S. The summed E-state index contributed by atoms with van der Waals surface area (Å²) in [6.45, 7) is 0.754. The van der Waals surface area contributed by atoms with Crippen molar-refractivity contribution in [1.29, 1.82) is 0 Å². The molecule has 0 amide bonds. The lowest BCUT2D eigenvalue weighted by molar-refractivity contribution is -0.140. The van der Waals surface area contributed by atoms with Crippen LogP contribution < -0.4 is 5.73 Å². The van der Waals surface area contributed by atoms with E-state index >= 15 is 0 Å². The molecule has 106 valence electrons. The normalized spacial score (nSPS) is 37.6. The molecule has 3 unspecified atom stereocenters. The minimum Gasteiger partial charge on any atom is -0.375 e. The van der Waals surface area contributed by atoms with Crippen molar-refractivity contribution in [2.45, 2.75) is 43.7 Å². The molecule has 1 aliphatic carbocycles. The van der Waals surface area contributed by atoms with Crippen LogP contribution in [0.1, 0.15) is 32.1 Å². The molecule has 3 rings (SSSR count). The third kappa shape index (κ3) is 2.91. The largest absolute Gasteiger partial charge is 0.375 e. The molecule has 0 aromatic heterocycles. The minimum atomic E-state index is 0.00820. The molecule has 0 radical (unpaired) electrons. The van der Waals surface area contributed by atoms with Gasteiger partial charge in [-0.1, -0.05) is 12.2 Å². The van der Waals surface area contributed by atoms with E-state index in [1.165, 1.54) is 11.5 Å². The zero-order valence-electron chi connectivity index (χ0n) is 11.3. The van der Waals surface area contributed by atoms with Crippen LogP contribution in [0.3, 0.4) is 0 Å². The van der Waals surface area contributed by atoms with Gasteiger partial charge in [0, 0.05) is 24.5 Å². The van der Waals surface area contributed by atoms with Gasteiger partial charge < -0.3 is 10.5 Å². The predicted octanol–water partition coefficient (Wildman–Crippen LogP) is 2.15. The average Bonchev–Trinajstić information content (AvgIpc) is 2.85. The van der Waals surface area contributed by atoms with Crippen molar-refractivity contribution in [3.05, 3.63) is 12.2 Å². The van der Waals surface area contributed by atoms with Gasteiger partial charge in [-0.3, -0.25) is 4.79 Å². The maximum absolute atomic E-state index is 12.6. The van der Waals surface area contributed by atoms with E-state index in [-0.39, 0.29) is 23.5 Å². The first-order valence-electron chi connectivity index (χ1n) is 7.38. The number of hydrogen-bond donors (Lipinski definition) is 1. The molecule has 2 aliphatic heterocycles. The summed E-state index contributed by atoms with van der Waals surface area (Å²) < 4.78 is 6.06. The van der Waals surface area contributed by atoms with Crippen molar-refractivity contribution in [2.24, 2.45) is 17.6 Å². The SMILES string of the molecule is NC1C=CC(C(=O)C2CCOC3(CCSCC3)C2)C1. The second-order valence-electron chi connectivity index (χ2n) is 6.13. The Hall–Kier alpha value is -0.320. The number of ketones is 1. The lowest BCUT2D eigenvalue weighted by Gasteiger charge is -2.43. The quantitative estimate of drug-likeness (QED) is 0.788. The second kappa shape index (κ2) is 5.58. The Bertz CT molecular complexity index is 371. The molecule has 2 heterocycles. The summed E-state index contributed by atoms with van der Waals surface area (Å²) in [7, 11) is 0. The van der Waals surface area contributed by atoms with E-state index in [0.29, 0.717) is 5.78 Å². The Morgan fingerprint density at radius 1 is 1.32 bits per heavy atom. The van der Waals surface area contributed by atoms with E-state index in [0.717, 1.165) is 38.7 Å². The fourth-order valence-electron chi connectivity index (χ4n) is 3.60. The summed E-state index contributed by atoms with van der Waals surface area (Å²) in [4.78, 5) is 12.6. The monoisotopic (exact) mass is 281 g/mol. The minimum absolute atomic E-state index is 0.00820. The van der Waals surface area contributed by atoms with Gasteiger partial charge in [0.1, 0.15) is 5.78 Å². The van der Waals surface area contributed by atoms with Gasteiger partial charge in [-0.25, -0.2) is 0 Å². The van der Waals surface area contributed by atoms with E-state index in [4.69, 9.17) is 10.5 Å². The molecule has 0 aromatic carbocycles. The van der Waals surface area contributed by atoms with Gasteiger partial charge in [-0.15, -0.1) is 0 Å². The van der Waals surface area contributed by atoms with Gasteiger partial charge in [0.05, 0.1) is 5.60 Å². The standard InChI is InChI=1S/C15H23NO2S/c16-13-2-1-11(9-13)14(17)12-3-6-18-15(10-12)4-7-19-8-5-15/h1-2,11-13H,3-10,16H2. The van der Waals surface area contributed by atoms with E-state index in [9.17, 15) is 4.79 Å². The van der Waals surface area contributed by atoms with E-state index in [1.807, 2.05) is 23.9 Å². The first kappa shape index (κ1) is 13.7. The summed E-state index contributed by atoms with van der Waals surface area (Å²) in [6, 6.07) is 0.0776. The van der Waals surface area contributed by atoms with Crippen LogP contribution in [0, 0.1) is 11.8 Å². The van der Waals surface area contributed by atoms with Gasteiger partial charge in [0.25, 0.3) is 0 Å². The fraction of sp³-hybridized carbons (Fsp3) is 0.800. The van der Waals surface area contributed by atoms with Crippen LogP contribution in [-0.2, 0) is 9.53 Å². The van der Waals surface area contributed by atoms with Crippen LogP contribution in [0.5, 0.6) is 0 Å². The summed E-state index contributed by atoms with van der Waals surface area (Å²) in [5.74, 6) is 3.01. The maximum atomic E-state index is 12.6. The van der Waals surface area contributed by atoms with Crippen molar-refractivity contribution < 1.29 is 9.53 Å². The Balaban J connectivity index is 1.64. The molecule has 2 saturated heterocycles. The number of nitrogens with two attached hydrogens (primary N) is 1. The molecule has 2 fully saturated rings. The summed E-state index contributed by atoms with van der Waals surface area (Å²) >= 11 is 2.01. The number of carbonyl (C=O) groups excluding carboxylic acids is 1. The van der Waals surface area contributed by atoms with Crippen LogP contribution in [0.25, 0.3) is 0 Å². The molecule has 3 aliphatic rings. The van der Waals surface area contributed by atoms with Crippen molar-refractivity contribution in [3.8, 4) is 0 Å². The maximum Gasteiger partial charge on any atom is 0.143 e. The Labute approximate surface area is 119 Å². The third-order valence-corrected chi connectivity index (χ3v) is 5.77. The molecule has 1 spiro atoms. The second-order valence-corrected chi connectivity index (χ2v) is 7.35. The number of Topliss-reactive ketones (excluding diaryl/α,β-unsaturated/α-hetero) is 1. The van der Waals surface area contributed by atoms with Crippen molar-refractivity contribution in [2.75, 3.05) is 18.1 Å². The van der Waals surface area contributed by atoms with Gasteiger partial charge in [-0.2, -0.15) is 11.8 Å². The summed E-state index contributed by atoms with van der Waals surface area (Å²) in [6.07, 6.45) is 8.86. The molecule has 0 saturated carbocycles. The van der Waals surface area contributed by atoms with Crippen LogP contribution in [-0.4, -0.2) is 35.5 Å². The number of thioether (sulfide) groups is 1. The highest BCUT2D eigenvalue weighted by Gasteiger charge is 2.42. The van der Waals surface area contributed by atoms with E-state index in [1.54, 1.807) is 0 Å². The van der Waals surface area contributed by atoms with Crippen molar-refractivity contribution in [1.82, 2.24) is 0 Å². The number of rotatable bonds is 2. The Kier molecular flexibility index (Phi) is 4.01. The lowest BCUT2D eigenvalue weighted by atomic mass is 9.77. The van der Waals surface area contributed by atoms with Crippen molar-refractivity contribution >= 4 is 17.5 Å². The van der Waals surface area contributed by atoms with Crippen LogP contribution in [0.4, 0.5) is 0 Å². The predicted molar refractivity (Wildman–Crippen MR) is 78.2 cm³/mol. The zero-order chi connectivity index (χ0) is 13.3. The fourth-order valence-corrected chi connectivity index (χ4v) is 4.84. The molecule has 4 heteroatoms. The average molecular weight is 281 g/mol. The first-order chi connectivity index (χ1) is 9.19. The number of allylic oxidation sites excluding steroid dienone is 1. The van der Waals surface area contributed by atoms with Crippen LogP contribution >= 0.6 is 11.8 Å². The van der Waals surface area contributed by atoms with Crippen LogP contribution in [0.15, 0.2) is 12.2 Å². The topological polar surface area (TPSA) is 52.3 Å². The van der Waals surface area contributed by atoms with Gasteiger partial charge in [-0.05, 0) is 43.6 Å². The highest BCUT2D eigenvalue weighted by atomic mass is 32.2. The molecule has 0 aromatic rings. The summed E-state index contributed by atoms with van der Waals surface area (Å²) in [5, 5.41) is 0. The highest BCUT2D eigenvalue weighted by molar-refractivity contribution is 7.99. The molecule has 19 heavy (non-hydrogen) atoms. The Morgan fingerprint density at radius 2 is 2.11 bits per heavy atom. The van der Waals surface area contributed by atoms with Gasteiger partial charge in [0.15, 0.2) is 0 Å². The van der Waals surface area contributed by atoms with E-state index < -0.39 is 0 Å². The van der Waals surface area contributed by atoms with Gasteiger partial charge >= 0.3 is 0 Å². The zero-order valence-corrected chi connectivity index (χ0v) is 12.2. The smallest absolute Gasteiger partial charge is 0.143 e. The van der Waals surface area contributed by atoms with Gasteiger partial charge in [0.2, 0.25) is 0 Å². The molecule has 3 atom stereocenters. The van der Waals surface area contributed by atoms with E-state index in [2.05, 4.69) is 0 Å². The number of carbonyl (C=O) groups is 1. The number of ether oxygens (including phenoxy) is 1. The Morgan fingerprint density at radius 3 is 2.79 bits per heavy atom.